The minimum absolute atomic E-state index is 0.340. The Labute approximate surface area is 132 Å². The highest BCUT2D eigenvalue weighted by Gasteiger charge is 2.12. The Hall–Kier alpha value is -2.19. The second-order valence-electron chi connectivity index (χ2n) is 5.65. The lowest BCUT2D eigenvalue weighted by Crippen LogP contribution is -2.24. The number of pyridine rings is 1. The van der Waals surface area contributed by atoms with Crippen LogP contribution in [-0.4, -0.2) is 11.5 Å². The lowest BCUT2D eigenvalue weighted by Gasteiger charge is -2.19. The van der Waals surface area contributed by atoms with Gasteiger partial charge in [0.05, 0.1) is 5.52 Å². The Kier molecular flexibility index (Phi) is 4.81. The molecule has 0 fully saturated rings. The van der Waals surface area contributed by atoms with Crippen LogP contribution in [0.25, 0.3) is 10.9 Å². The molecule has 0 spiro atoms. The normalized spacial score (nSPS) is 12.4. The molecule has 3 aromatic rings. The fraction of sp³-hybridized carbons (Fsp3) is 0.250. The van der Waals surface area contributed by atoms with Crippen molar-refractivity contribution in [1.82, 2.24) is 10.3 Å². The molecule has 0 saturated heterocycles. The van der Waals surface area contributed by atoms with Crippen LogP contribution in [0.2, 0.25) is 0 Å². The molecule has 0 bridgehead atoms. The summed E-state index contributed by atoms with van der Waals surface area (Å²) < 4.78 is 0. The maximum atomic E-state index is 4.41. The molecule has 2 heteroatoms. The molecule has 0 aliphatic heterocycles. The van der Waals surface area contributed by atoms with E-state index in [0.717, 1.165) is 24.9 Å². The molecular formula is C20H22N2. The van der Waals surface area contributed by atoms with E-state index in [1.165, 1.54) is 16.5 Å². The molecule has 1 heterocycles. The highest BCUT2D eigenvalue weighted by atomic mass is 14.9. The molecule has 0 aliphatic carbocycles. The van der Waals surface area contributed by atoms with Crippen LogP contribution in [0.15, 0.2) is 66.9 Å². The van der Waals surface area contributed by atoms with Gasteiger partial charge in [-0.2, -0.15) is 0 Å². The van der Waals surface area contributed by atoms with E-state index in [9.17, 15) is 0 Å². The summed E-state index contributed by atoms with van der Waals surface area (Å²) in [6, 6.07) is 21.7. The van der Waals surface area contributed by atoms with Crippen LogP contribution in [0.1, 0.15) is 30.5 Å². The molecule has 0 amide bonds. The van der Waals surface area contributed by atoms with Gasteiger partial charge < -0.3 is 5.32 Å². The lowest BCUT2D eigenvalue weighted by atomic mass is 9.97. The SMILES string of the molecule is CCCNC(Cc1ccccc1)c1ccc2ncccc2c1. The van der Waals surface area contributed by atoms with Gasteiger partial charge in [0.1, 0.15) is 0 Å². The number of rotatable bonds is 6. The first kappa shape index (κ1) is 14.7. The molecule has 112 valence electrons. The third-order valence-corrected chi connectivity index (χ3v) is 3.95. The summed E-state index contributed by atoms with van der Waals surface area (Å²) in [5.41, 5.74) is 3.75. The van der Waals surface area contributed by atoms with E-state index in [-0.39, 0.29) is 0 Å². The zero-order chi connectivity index (χ0) is 15.2. The van der Waals surface area contributed by atoms with Crippen molar-refractivity contribution in [2.75, 3.05) is 6.54 Å². The number of hydrogen-bond acceptors (Lipinski definition) is 2. The molecule has 1 atom stereocenters. The highest BCUT2D eigenvalue weighted by Crippen LogP contribution is 2.22. The summed E-state index contributed by atoms with van der Waals surface area (Å²) >= 11 is 0. The van der Waals surface area contributed by atoms with Crippen molar-refractivity contribution >= 4 is 10.9 Å². The summed E-state index contributed by atoms with van der Waals surface area (Å²) in [6.07, 6.45) is 3.99. The third kappa shape index (κ3) is 3.52. The van der Waals surface area contributed by atoms with Gasteiger partial charge in [-0.05, 0) is 48.7 Å². The van der Waals surface area contributed by atoms with Gasteiger partial charge in [-0.1, -0.05) is 49.4 Å². The molecular weight excluding hydrogens is 268 g/mol. The summed E-state index contributed by atoms with van der Waals surface area (Å²) in [6.45, 7) is 3.24. The van der Waals surface area contributed by atoms with Crippen LogP contribution in [0.5, 0.6) is 0 Å². The molecule has 1 aromatic heterocycles. The molecule has 1 N–H and O–H groups in total. The maximum Gasteiger partial charge on any atom is 0.0702 e. The number of nitrogens with one attached hydrogen (secondary N) is 1. The van der Waals surface area contributed by atoms with E-state index in [1.54, 1.807) is 0 Å². The van der Waals surface area contributed by atoms with Gasteiger partial charge in [-0.15, -0.1) is 0 Å². The second-order valence-corrected chi connectivity index (χ2v) is 5.65. The second kappa shape index (κ2) is 7.19. The Bertz CT molecular complexity index is 722. The van der Waals surface area contributed by atoms with Crippen molar-refractivity contribution < 1.29 is 0 Å². The lowest BCUT2D eigenvalue weighted by molar-refractivity contribution is 0.530. The minimum Gasteiger partial charge on any atom is -0.310 e. The molecule has 2 nitrogen and oxygen atoms in total. The van der Waals surface area contributed by atoms with Crippen LogP contribution >= 0.6 is 0 Å². The van der Waals surface area contributed by atoms with Crippen molar-refractivity contribution in [3.05, 3.63) is 78.0 Å². The standard InChI is InChI=1S/C20H22N2/c1-2-12-21-20(14-16-7-4-3-5-8-16)18-10-11-19-17(15-18)9-6-13-22-19/h3-11,13,15,20-21H,2,12,14H2,1H3. The predicted octanol–water partition coefficient (Wildman–Crippen LogP) is 4.52. The Morgan fingerprint density at radius 2 is 1.86 bits per heavy atom. The maximum absolute atomic E-state index is 4.41. The number of fused-ring (bicyclic) bond motifs is 1. The number of nitrogens with zero attached hydrogens (tertiary/aromatic N) is 1. The average Bonchev–Trinajstić information content (AvgIpc) is 2.59. The fourth-order valence-corrected chi connectivity index (χ4v) is 2.79. The van der Waals surface area contributed by atoms with Crippen LogP contribution in [0.4, 0.5) is 0 Å². The van der Waals surface area contributed by atoms with Crippen molar-refractivity contribution in [2.45, 2.75) is 25.8 Å². The molecule has 3 rings (SSSR count). The summed E-state index contributed by atoms with van der Waals surface area (Å²) in [5, 5.41) is 4.88. The molecule has 0 aliphatic rings. The summed E-state index contributed by atoms with van der Waals surface area (Å²) in [4.78, 5) is 4.41. The Morgan fingerprint density at radius 3 is 2.68 bits per heavy atom. The van der Waals surface area contributed by atoms with E-state index in [1.807, 2.05) is 12.3 Å². The molecule has 0 radical (unpaired) electrons. The van der Waals surface area contributed by atoms with Gasteiger partial charge in [-0.25, -0.2) is 0 Å². The van der Waals surface area contributed by atoms with E-state index >= 15 is 0 Å². The predicted molar refractivity (Wildman–Crippen MR) is 92.9 cm³/mol. The van der Waals surface area contributed by atoms with Gasteiger partial charge in [0, 0.05) is 17.6 Å². The van der Waals surface area contributed by atoms with Gasteiger partial charge in [0.15, 0.2) is 0 Å². The fourth-order valence-electron chi connectivity index (χ4n) is 2.79. The quantitative estimate of drug-likeness (QED) is 0.722. The van der Waals surface area contributed by atoms with Crippen LogP contribution < -0.4 is 5.32 Å². The molecule has 1 unspecified atom stereocenters. The monoisotopic (exact) mass is 290 g/mol. The van der Waals surface area contributed by atoms with E-state index in [4.69, 9.17) is 0 Å². The van der Waals surface area contributed by atoms with E-state index in [2.05, 4.69) is 71.8 Å². The number of aromatic nitrogens is 1. The topological polar surface area (TPSA) is 24.9 Å². The summed E-state index contributed by atoms with van der Waals surface area (Å²) in [7, 11) is 0. The van der Waals surface area contributed by atoms with E-state index < -0.39 is 0 Å². The zero-order valence-corrected chi connectivity index (χ0v) is 13.0. The van der Waals surface area contributed by atoms with Gasteiger partial charge in [-0.3, -0.25) is 4.98 Å². The van der Waals surface area contributed by atoms with Crippen molar-refractivity contribution in [3.63, 3.8) is 0 Å². The largest absolute Gasteiger partial charge is 0.310 e. The number of benzene rings is 2. The number of hydrogen-bond donors (Lipinski definition) is 1. The van der Waals surface area contributed by atoms with Crippen molar-refractivity contribution in [3.8, 4) is 0 Å². The Morgan fingerprint density at radius 1 is 1.00 bits per heavy atom. The summed E-state index contributed by atoms with van der Waals surface area (Å²) in [5.74, 6) is 0. The first-order chi connectivity index (χ1) is 10.9. The first-order valence-corrected chi connectivity index (χ1v) is 7.99. The highest BCUT2D eigenvalue weighted by molar-refractivity contribution is 5.79. The molecule has 2 aromatic carbocycles. The Balaban J connectivity index is 1.89. The minimum atomic E-state index is 0.340. The van der Waals surface area contributed by atoms with Crippen LogP contribution in [0.3, 0.4) is 0 Å². The smallest absolute Gasteiger partial charge is 0.0702 e. The zero-order valence-electron chi connectivity index (χ0n) is 13.0. The first-order valence-electron chi connectivity index (χ1n) is 7.99. The van der Waals surface area contributed by atoms with Crippen LogP contribution in [-0.2, 0) is 6.42 Å². The van der Waals surface area contributed by atoms with Crippen molar-refractivity contribution in [1.29, 1.82) is 0 Å². The van der Waals surface area contributed by atoms with Crippen molar-refractivity contribution in [2.24, 2.45) is 0 Å². The van der Waals surface area contributed by atoms with Gasteiger partial charge >= 0.3 is 0 Å². The molecule has 0 saturated carbocycles. The van der Waals surface area contributed by atoms with Gasteiger partial charge in [0.2, 0.25) is 0 Å². The van der Waals surface area contributed by atoms with E-state index in [0.29, 0.717) is 6.04 Å². The van der Waals surface area contributed by atoms with Crippen LogP contribution in [0, 0.1) is 0 Å². The third-order valence-electron chi connectivity index (χ3n) is 3.95. The van der Waals surface area contributed by atoms with Gasteiger partial charge in [0.25, 0.3) is 0 Å². The average molecular weight is 290 g/mol. The molecule has 22 heavy (non-hydrogen) atoms.